The van der Waals surface area contributed by atoms with Crippen molar-refractivity contribution in [2.45, 2.75) is 19.4 Å². The number of halogens is 2. The van der Waals surface area contributed by atoms with Crippen LogP contribution in [-0.4, -0.2) is 11.7 Å². The number of benzene rings is 2. The van der Waals surface area contributed by atoms with Crippen molar-refractivity contribution in [3.63, 3.8) is 0 Å². The largest absolute Gasteiger partial charge is 0.493 e. The zero-order valence-electron chi connectivity index (χ0n) is 11.0. The van der Waals surface area contributed by atoms with Crippen molar-refractivity contribution in [2.75, 3.05) is 6.61 Å². The Morgan fingerprint density at radius 3 is 2.75 bits per heavy atom. The Morgan fingerprint density at radius 1 is 1.15 bits per heavy atom. The molecular formula is C16H14F2O2. The molecule has 2 nitrogen and oxygen atoms in total. The van der Waals surface area contributed by atoms with Crippen LogP contribution < -0.4 is 4.74 Å². The molecule has 1 N–H and O–H groups in total. The predicted molar refractivity (Wildman–Crippen MR) is 70.8 cm³/mol. The Morgan fingerprint density at radius 2 is 1.95 bits per heavy atom. The molecule has 0 saturated heterocycles. The summed E-state index contributed by atoms with van der Waals surface area (Å²) in [6, 6.07) is 7.36. The van der Waals surface area contributed by atoms with Gasteiger partial charge in [-0.05, 0) is 47.9 Å². The van der Waals surface area contributed by atoms with Crippen LogP contribution in [0.15, 0.2) is 30.3 Å². The molecule has 20 heavy (non-hydrogen) atoms. The fourth-order valence-electron chi connectivity index (χ4n) is 2.43. The maximum Gasteiger partial charge on any atom is 0.129 e. The Labute approximate surface area is 115 Å². The van der Waals surface area contributed by atoms with E-state index in [9.17, 15) is 13.9 Å². The first-order valence-corrected chi connectivity index (χ1v) is 6.45. The first-order valence-electron chi connectivity index (χ1n) is 6.45. The smallest absolute Gasteiger partial charge is 0.129 e. The van der Waals surface area contributed by atoms with Crippen LogP contribution in [0.25, 0.3) is 0 Å². The van der Waals surface area contributed by atoms with Gasteiger partial charge in [-0.1, -0.05) is 6.07 Å². The summed E-state index contributed by atoms with van der Waals surface area (Å²) >= 11 is 0. The minimum atomic E-state index is -1.18. The second kappa shape index (κ2) is 4.87. The fourth-order valence-corrected chi connectivity index (χ4v) is 2.43. The zero-order valence-corrected chi connectivity index (χ0v) is 11.0. The van der Waals surface area contributed by atoms with E-state index in [1.165, 1.54) is 6.92 Å². The number of aliphatic hydroxyl groups is 1. The van der Waals surface area contributed by atoms with Crippen LogP contribution in [0.4, 0.5) is 8.78 Å². The monoisotopic (exact) mass is 276 g/mol. The van der Waals surface area contributed by atoms with Crippen LogP contribution in [0.5, 0.6) is 5.75 Å². The quantitative estimate of drug-likeness (QED) is 0.912. The highest BCUT2D eigenvalue weighted by Crippen LogP contribution is 2.32. The number of aryl methyl sites for hydroxylation is 1. The Hall–Kier alpha value is -1.94. The highest BCUT2D eigenvalue weighted by molar-refractivity contribution is 5.43. The summed E-state index contributed by atoms with van der Waals surface area (Å²) in [6.45, 7) is 2.10. The molecule has 0 radical (unpaired) electrons. The summed E-state index contributed by atoms with van der Waals surface area (Å²) in [5.74, 6) is -0.338. The third-order valence-corrected chi connectivity index (χ3v) is 3.60. The van der Waals surface area contributed by atoms with E-state index in [0.29, 0.717) is 12.2 Å². The van der Waals surface area contributed by atoms with Crippen molar-refractivity contribution in [2.24, 2.45) is 0 Å². The van der Waals surface area contributed by atoms with E-state index in [2.05, 4.69) is 0 Å². The lowest BCUT2D eigenvalue weighted by Gasteiger charge is -2.14. The number of aliphatic hydroxyl groups excluding tert-OH is 1. The van der Waals surface area contributed by atoms with E-state index in [4.69, 9.17) is 4.74 Å². The molecule has 4 heteroatoms. The lowest BCUT2D eigenvalue weighted by molar-refractivity contribution is 0.214. The van der Waals surface area contributed by atoms with Crippen molar-refractivity contribution in [3.05, 3.63) is 64.2 Å². The van der Waals surface area contributed by atoms with E-state index >= 15 is 0 Å². The van der Waals surface area contributed by atoms with Crippen LogP contribution in [0.1, 0.15) is 28.4 Å². The topological polar surface area (TPSA) is 29.5 Å². The molecule has 104 valence electrons. The molecule has 0 aliphatic carbocycles. The standard InChI is InChI=1S/C16H14F2O2/c1-9-6-14(18)12(8-13(9)17)16(19)11-2-3-15-10(7-11)4-5-20-15/h2-3,6-8,16,19H,4-5H2,1H3. The molecule has 1 heterocycles. The van der Waals surface area contributed by atoms with Gasteiger partial charge in [-0.25, -0.2) is 8.78 Å². The average Bonchev–Trinajstić information content (AvgIpc) is 2.89. The van der Waals surface area contributed by atoms with Gasteiger partial charge in [-0.2, -0.15) is 0 Å². The molecular weight excluding hydrogens is 262 g/mol. The lowest BCUT2D eigenvalue weighted by atomic mass is 9.97. The first kappa shape index (κ1) is 13.1. The summed E-state index contributed by atoms with van der Waals surface area (Å²) in [7, 11) is 0. The van der Waals surface area contributed by atoms with Crippen LogP contribution in [0.2, 0.25) is 0 Å². The van der Waals surface area contributed by atoms with Gasteiger partial charge in [-0.3, -0.25) is 0 Å². The second-order valence-electron chi connectivity index (χ2n) is 4.99. The molecule has 1 atom stereocenters. The Kier molecular flexibility index (Phi) is 3.18. The summed E-state index contributed by atoms with van der Waals surface area (Å²) < 4.78 is 32.8. The summed E-state index contributed by atoms with van der Waals surface area (Å²) in [6.07, 6.45) is -0.420. The Bertz CT molecular complexity index is 668. The predicted octanol–water partition coefficient (Wildman–Crippen LogP) is 3.29. The normalized spacial score (nSPS) is 14.8. The molecule has 2 aromatic carbocycles. The molecule has 0 amide bonds. The minimum Gasteiger partial charge on any atom is -0.493 e. The van der Waals surface area contributed by atoms with Gasteiger partial charge in [0.1, 0.15) is 23.5 Å². The van der Waals surface area contributed by atoms with E-state index in [0.717, 1.165) is 29.9 Å². The number of fused-ring (bicyclic) bond motifs is 1. The van der Waals surface area contributed by atoms with E-state index in [-0.39, 0.29) is 11.1 Å². The minimum absolute atomic E-state index is 0.0491. The molecule has 1 unspecified atom stereocenters. The maximum atomic E-state index is 13.9. The molecule has 0 fully saturated rings. The van der Waals surface area contributed by atoms with Crippen molar-refractivity contribution < 1.29 is 18.6 Å². The van der Waals surface area contributed by atoms with Gasteiger partial charge in [0.15, 0.2) is 0 Å². The second-order valence-corrected chi connectivity index (χ2v) is 4.99. The van der Waals surface area contributed by atoms with Gasteiger partial charge >= 0.3 is 0 Å². The molecule has 1 aliphatic rings. The summed E-state index contributed by atoms with van der Waals surface area (Å²) in [4.78, 5) is 0. The lowest BCUT2D eigenvalue weighted by Crippen LogP contribution is -2.04. The van der Waals surface area contributed by atoms with E-state index in [1.807, 2.05) is 0 Å². The molecule has 3 rings (SSSR count). The maximum absolute atomic E-state index is 13.9. The number of rotatable bonds is 2. The summed E-state index contributed by atoms with van der Waals surface area (Å²) in [5, 5.41) is 10.3. The SMILES string of the molecule is Cc1cc(F)c(C(O)c2ccc3c(c2)CCO3)cc1F. The van der Waals surface area contributed by atoms with E-state index < -0.39 is 17.7 Å². The molecule has 2 aromatic rings. The highest BCUT2D eigenvalue weighted by Gasteiger charge is 2.20. The van der Waals surface area contributed by atoms with Crippen molar-refractivity contribution in [1.82, 2.24) is 0 Å². The summed E-state index contributed by atoms with van der Waals surface area (Å²) in [5.41, 5.74) is 1.69. The molecule has 0 saturated carbocycles. The third kappa shape index (κ3) is 2.16. The van der Waals surface area contributed by atoms with Crippen molar-refractivity contribution in [3.8, 4) is 5.75 Å². The molecule has 0 aromatic heterocycles. The number of hydrogen-bond acceptors (Lipinski definition) is 2. The number of ether oxygens (including phenoxy) is 1. The highest BCUT2D eigenvalue weighted by atomic mass is 19.1. The van der Waals surface area contributed by atoms with Gasteiger partial charge in [0.05, 0.1) is 6.61 Å². The molecule has 0 bridgehead atoms. The van der Waals surface area contributed by atoms with Crippen molar-refractivity contribution >= 4 is 0 Å². The molecule has 1 aliphatic heterocycles. The van der Waals surface area contributed by atoms with E-state index in [1.54, 1.807) is 18.2 Å². The van der Waals surface area contributed by atoms with Gasteiger partial charge in [-0.15, -0.1) is 0 Å². The molecule has 0 spiro atoms. The van der Waals surface area contributed by atoms with Gasteiger partial charge < -0.3 is 9.84 Å². The fraction of sp³-hybridized carbons (Fsp3) is 0.250. The van der Waals surface area contributed by atoms with Crippen LogP contribution >= 0.6 is 0 Å². The average molecular weight is 276 g/mol. The van der Waals surface area contributed by atoms with Crippen molar-refractivity contribution in [1.29, 1.82) is 0 Å². The van der Waals surface area contributed by atoms with Crippen LogP contribution in [0, 0.1) is 18.6 Å². The van der Waals surface area contributed by atoms with Crippen LogP contribution in [-0.2, 0) is 6.42 Å². The Balaban J connectivity index is 2.00. The van der Waals surface area contributed by atoms with Gasteiger partial charge in [0, 0.05) is 12.0 Å². The van der Waals surface area contributed by atoms with Crippen LogP contribution in [0.3, 0.4) is 0 Å². The van der Waals surface area contributed by atoms with Gasteiger partial charge in [0.2, 0.25) is 0 Å². The zero-order chi connectivity index (χ0) is 14.3. The first-order chi connectivity index (χ1) is 9.56. The van der Waals surface area contributed by atoms with Gasteiger partial charge in [0.25, 0.3) is 0 Å². The third-order valence-electron chi connectivity index (χ3n) is 3.60. The number of hydrogen-bond donors (Lipinski definition) is 1.